The number of carboxylic acids is 2. The quantitative estimate of drug-likeness (QED) is 0.267. The summed E-state index contributed by atoms with van der Waals surface area (Å²) in [6, 6.07) is 8.04. The highest BCUT2D eigenvalue weighted by molar-refractivity contribution is 9.10. The third kappa shape index (κ3) is 12.0. The van der Waals surface area contributed by atoms with Crippen LogP contribution in [-0.4, -0.2) is 79.0 Å². The molecule has 261 valence electrons. The number of amides is 1. The number of hydrogen-bond donors (Lipinski definition) is 4. The van der Waals surface area contributed by atoms with E-state index in [1.165, 1.54) is 0 Å². The van der Waals surface area contributed by atoms with Gasteiger partial charge in [0.15, 0.2) is 0 Å². The van der Waals surface area contributed by atoms with Gasteiger partial charge in [-0.25, -0.2) is 19.6 Å². The molecule has 0 bridgehead atoms. The molecule has 4 rings (SSSR count). The van der Waals surface area contributed by atoms with Gasteiger partial charge in [0.25, 0.3) is 0 Å². The fraction of sp³-hybridized carbons (Fsp3) is 0.533. The van der Waals surface area contributed by atoms with Gasteiger partial charge < -0.3 is 25.5 Å². The first-order valence-corrected chi connectivity index (χ1v) is 15.1. The van der Waals surface area contributed by atoms with Gasteiger partial charge in [-0.1, -0.05) is 35.0 Å². The Morgan fingerprint density at radius 3 is 1.94 bits per heavy atom. The van der Waals surface area contributed by atoms with Crippen LogP contribution in [0.25, 0.3) is 0 Å². The van der Waals surface area contributed by atoms with Crippen LogP contribution in [0.1, 0.15) is 93.3 Å². The second-order valence-corrected chi connectivity index (χ2v) is 12.9. The van der Waals surface area contributed by atoms with Crippen LogP contribution in [0.3, 0.4) is 0 Å². The molecule has 2 aliphatic rings. The number of aliphatic hydroxyl groups is 1. The van der Waals surface area contributed by atoms with Gasteiger partial charge in [-0.3, -0.25) is 4.79 Å². The van der Waals surface area contributed by atoms with Crippen molar-refractivity contribution in [2.24, 2.45) is 0 Å². The molecule has 2 aromatic rings. The van der Waals surface area contributed by atoms with Crippen molar-refractivity contribution in [3.8, 4) is 0 Å². The Balaban J connectivity index is 0.000000459. The number of nitrogens with zero attached hydrogens (tertiary/aromatic N) is 3. The van der Waals surface area contributed by atoms with Crippen molar-refractivity contribution in [3.05, 3.63) is 64.1 Å². The number of rotatable bonds is 5. The predicted octanol–water partition coefficient (Wildman–Crippen LogP) is 6.09. The molecule has 4 N–H and O–H groups in total. The molecule has 0 saturated carbocycles. The monoisotopic (exact) mass is 741 g/mol. The Labute approximate surface area is 275 Å². The van der Waals surface area contributed by atoms with Gasteiger partial charge in [-0.2, -0.15) is 26.3 Å². The number of likely N-dealkylation sites (tertiary alicyclic amines) is 1. The largest absolute Gasteiger partial charge is 0.490 e. The molecule has 1 fully saturated rings. The second kappa shape index (κ2) is 16.2. The van der Waals surface area contributed by atoms with Crippen molar-refractivity contribution < 1.29 is 56.0 Å². The predicted molar refractivity (Wildman–Crippen MR) is 160 cm³/mol. The number of aliphatic carboxylic acids is 2. The topological polar surface area (TPSA) is 153 Å². The Kier molecular flexibility index (Phi) is 13.7. The summed E-state index contributed by atoms with van der Waals surface area (Å²) in [4.78, 5) is 42.3. The third-order valence-electron chi connectivity index (χ3n) is 7.22. The lowest BCUT2D eigenvalue weighted by atomic mass is 9.87. The minimum atomic E-state index is -5.08. The maximum Gasteiger partial charge on any atom is 0.490 e. The molecular weight excluding hydrogens is 706 g/mol. The maximum atomic E-state index is 13.6. The van der Waals surface area contributed by atoms with Crippen LogP contribution >= 0.6 is 15.9 Å². The van der Waals surface area contributed by atoms with E-state index >= 15 is 0 Å². The van der Waals surface area contributed by atoms with E-state index in [2.05, 4.69) is 58.9 Å². The SMILES string of the molecule is C[C@@H]1C[C@@H](O)c2ncnc(C3C[CH]N(C(=O)[C@H](CNC(C)(C)C)c4ccc(Br)cc4)CC3)c21.O=C(O)C(F)(F)F.O=C(O)C(F)(F)F. The molecule has 1 radical (unpaired) electrons. The first-order chi connectivity index (χ1) is 21.5. The van der Waals surface area contributed by atoms with Crippen molar-refractivity contribution in [2.45, 2.75) is 88.7 Å². The molecule has 2 heterocycles. The number of carboxylic acid groups (broad SMARTS) is 2. The molecule has 1 unspecified atom stereocenters. The minimum absolute atomic E-state index is 0.0702. The van der Waals surface area contributed by atoms with E-state index in [-0.39, 0.29) is 29.2 Å². The molecule has 10 nitrogen and oxygen atoms in total. The summed E-state index contributed by atoms with van der Waals surface area (Å²) in [7, 11) is 0. The highest BCUT2D eigenvalue weighted by Crippen LogP contribution is 2.44. The van der Waals surface area contributed by atoms with Crippen molar-refractivity contribution in [1.29, 1.82) is 0 Å². The number of carbonyl (C=O) groups excluding carboxylic acids is 1. The van der Waals surface area contributed by atoms with Crippen LogP contribution < -0.4 is 5.32 Å². The number of aliphatic hydroxyl groups excluding tert-OH is 1. The molecule has 47 heavy (non-hydrogen) atoms. The summed E-state index contributed by atoms with van der Waals surface area (Å²) in [6.07, 6.45) is -6.76. The van der Waals surface area contributed by atoms with Gasteiger partial charge in [0, 0.05) is 34.6 Å². The summed E-state index contributed by atoms with van der Waals surface area (Å²) in [5.74, 6) is -5.12. The Bertz CT molecular complexity index is 1350. The van der Waals surface area contributed by atoms with Crippen molar-refractivity contribution in [2.75, 3.05) is 13.1 Å². The highest BCUT2D eigenvalue weighted by atomic mass is 79.9. The Hall–Kier alpha value is -3.31. The van der Waals surface area contributed by atoms with Crippen LogP contribution in [-0.2, 0) is 14.4 Å². The van der Waals surface area contributed by atoms with E-state index in [0.717, 1.165) is 39.8 Å². The van der Waals surface area contributed by atoms with Crippen LogP contribution in [0.5, 0.6) is 0 Å². The Morgan fingerprint density at radius 1 is 0.979 bits per heavy atom. The summed E-state index contributed by atoms with van der Waals surface area (Å²) in [5, 5.41) is 28.1. The molecule has 1 aromatic carbocycles. The molecule has 0 spiro atoms. The second-order valence-electron chi connectivity index (χ2n) is 12.0. The van der Waals surface area contributed by atoms with E-state index in [0.29, 0.717) is 19.5 Å². The number of benzene rings is 1. The normalized spacial score (nSPS) is 19.0. The zero-order valence-corrected chi connectivity index (χ0v) is 27.4. The summed E-state index contributed by atoms with van der Waals surface area (Å²) in [6.45, 7) is 11.8. The molecule has 1 amide bonds. The van der Waals surface area contributed by atoms with Crippen molar-refractivity contribution >= 4 is 33.8 Å². The van der Waals surface area contributed by atoms with E-state index in [1.54, 1.807) is 6.33 Å². The molecule has 4 atom stereocenters. The van der Waals surface area contributed by atoms with E-state index < -0.39 is 30.4 Å². The molecule has 1 saturated heterocycles. The zero-order valence-electron chi connectivity index (χ0n) is 25.9. The van der Waals surface area contributed by atoms with Gasteiger partial charge in [-0.15, -0.1) is 0 Å². The summed E-state index contributed by atoms with van der Waals surface area (Å²) in [5.41, 5.74) is 3.90. The molecule has 17 heteroatoms. The van der Waals surface area contributed by atoms with E-state index in [1.807, 2.05) is 35.7 Å². The van der Waals surface area contributed by atoms with Crippen molar-refractivity contribution in [3.63, 3.8) is 0 Å². The number of fused-ring (bicyclic) bond motifs is 1. The zero-order chi connectivity index (χ0) is 35.9. The van der Waals surface area contributed by atoms with E-state index in [9.17, 15) is 36.2 Å². The first kappa shape index (κ1) is 39.9. The lowest BCUT2D eigenvalue weighted by molar-refractivity contribution is -0.193. The third-order valence-corrected chi connectivity index (χ3v) is 7.75. The van der Waals surface area contributed by atoms with E-state index in [4.69, 9.17) is 19.8 Å². The van der Waals surface area contributed by atoms with Crippen LogP contribution in [0, 0.1) is 6.54 Å². The summed E-state index contributed by atoms with van der Waals surface area (Å²) >= 11 is 3.49. The van der Waals surface area contributed by atoms with Gasteiger partial charge in [0.05, 0.1) is 30.0 Å². The summed E-state index contributed by atoms with van der Waals surface area (Å²) < 4.78 is 64.5. The Morgan fingerprint density at radius 2 is 1.49 bits per heavy atom. The van der Waals surface area contributed by atoms with Gasteiger partial charge in [0.1, 0.15) is 6.33 Å². The standard InChI is InChI=1S/C26H34BrN4O2.2C2HF3O2/c1-16-13-21(32)24-22(16)23(28-15-29-24)18-9-11-31(12-10-18)25(33)20(14-30-26(2,3)4)17-5-7-19(27)8-6-17;2*3-2(4,5)1(6)7/h5-8,11,15-16,18,20-21,30,32H,9-10,12-14H2,1-4H3;2*(H,6,7)/t16-,18?,20-,21-;;/m1../s1. The average Bonchev–Trinajstić information content (AvgIpc) is 3.26. The smallest absolute Gasteiger partial charge is 0.475 e. The number of piperidine rings is 1. The molecule has 1 aromatic heterocycles. The van der Waals surface area contributed by atoms with Gasteiger partial charge in [0.2, 0.25) is 5.91 Å². The van der Waals surface area contributed by atoms with Crippen LogP contribution in [0.4, 0.5) is 26.3 Å². The van der Waals surface area contributed by atoms with Gasteiger partial charge >= 0.3 is 24.3 Å². The first-order valence-electron chi connectivity index (χ1n) is 14.3. The fourth-order valence-corrected chi connectivity index (χ4v) is 5.21. The lowest BCUT2D eigenvalue weighted by Crippen LogP contribution is -2.44. The number of aromatic nitrogens is 2. The average molecular weight is 743 g/mol. The van der Waals surface area contributed by atoms with Crippen LogP contribution in [0.2, 0.25) is 0 Å². The highest BCUT2D eigenvalue weighted by Gasteiger charge is 2.39. The van der Waals surface area contributed by atoms with Gasteiger partial charge in [-0.05, 0) is 63.6 Å². The molecule has 1 aliphatic carbocycles. The van der Waals surface area contributed by atoms with Crippen molar-refractivity contribution in [1.82, 2.24) is 20.2 Å². The number of nitrogens with one attached hydrogen (secondary N) is 1. The number of hydrogen-bond acceptors (Lipinski definition) is 7. The van der Waals surface area contributed by atoms with Crippen LogP contribution in [0.15, 0.2) is 35.1 Å². The fourth-order valence-electron chi connectivity index (χ4n) is 4.94. The molecule has 1 aliphatic heterocycles. The lowest BCUT2D eigenvalue weighted by Gasteiger charge is -2.35. The number of halogens is 7. The minimum Gasteiger partial charge on any atom is -0.475 e. The molecular formula is C30H36BrF6N4O6. The number of carbonyl (C=O) groups is 3. The number of alkyl halides is 6. The maximum absolute atomic E-state index is 13.6.